The molecule has 40 heavy (non-hydrogen) atoms. The number of H-pyrrole nitrogens is 1. The number of anilines is 2. The fourth-order valence-corrected chi connectivity index (χ4v) is 5.09. The monoisotopic (exact) mass is 540 g/mol. The number of aliphatic hydroxyl groups excluding tert-OH is 1. The van der Waals surface area contributed by atoms with Crippen LogP contribution < -0.4 is 15.5 Å². The number of pyridine rings is 1. The fraction of sp³-hybridized carbons (Fsp3) is 0.379. The van der Waals surface area contributed by atoms with Crippen molar-refractivity contribution in [3.05, 3.63) is 66.3 Å². The van der Waals surface area contributed by atoms with Crippen molar-refractivity contribution >= 4 is 41.0 Å². The highest BCUT2D eigenvalue weighted by Crippen LogP contribution is 2.45. The molecule has 3 aromatic heterocycles. The van der Waals surface area contributed by atoms with Crippen molar-refractivity contribution in [3.8, 4) is 0 Å². The van der Waals surface area contributed by atoms with Gasteiger partial charge in [-0.25, -0.2) is 15.0 Å². The first kappa shape index (κ1) is 27.4. The number of rotatable bonds is 11. The molecule has 11 heteroatoms. The van der Waals surface area contributed by atoms with Gasteiger partial charge in [-0.2, -0.15) is 4.98 Å². The van der Waals surface area contributed by atoms with E-state index >= 15 is 0 Å². The molecule has 2 aliphatic rings. The lowest BCUT2D eigenvalue weighted by atomic mass is 10.00. The Bertz CT molecular complexity index is 1470. The van der Waals surface area contributed by atoms with Crippen molar-refractivity contribution in [1.82, 2.24) is 35.5 Å². The largest absolute Gasteiger partial charge is 0.390 e. The number of hydrogen-bond donors (Lipinski definition) is 4. The van der Waals surface area contributed by atoms with E-state index in [4.69, 9.17) is 9.97 Å². The van der Waals surface area contributed by atoms with Crippen molar-refractivity contribution in [2.75, 3.05) is 29.9 Å². The molecule has 1 aliphatic heterocycles. The SMILES string of the molecule is C=C/C=C\c1nc(N/C(=C/C(=C\C)c2nc(N(CC)C3CCNCC3O)c3c(C4CC4)cncc3n2)N=C)n[nH]1. The number of aliphatic hydroxyl groups is 1. The van der Waals surface area contributed by atoms with Crippen LogP contribution in [0.2, 0.25) is 0 Å². The molecule has 2 unspecified atom stereocenters. The van der Waals surface area contributed by atoms with Gasteiger partial charge in [-0.15, -0.1) is 5.10 Å². The Morgan fingerprint density at radius 1 is 1.25 bits per heavy atom. The van der Waals surface area contributed by atoms with Crippen LogP contribution in [0.5, 0.6) is 0 Å². The Morgan fingerprint density at radius 2 is 2.10 bits per heavy atom. The minimum absolute atomic E-state index is 0.0517. The first-order valence-corrected chi connectivity index (χ1v) is 13.7. The van der Waals surface area contributed by atoms with Crippen molar-refractivity contribution in [2.45, 2.75) is 51.2 Å². The molecule has 0 aromatic carbocycles. The van der Waals surface area contributed by atoms with Crippen molar-refractivity contribution in [3.63, 3.8) is 0 Å². The molecule has 3 aromatic rings. The second-order valence-corrected chi connectivity index (χ2v) is 9.88. The van der Waals surface area contributed by atoms with Gasteiger partial charge in [0.2, 0.25) is 5.95 Å². The Morgan fingerprint density at radius 3 is 2.80 bits per heavy atom. The normalized spacial score (nSPS) is 20.2. The van der Waals surface area contributed by atoms with Gasteiger partial charge in [0.05, 0.1) is 23.9 Å². The van der Waals surface area contributed by atoms with E-state index in [0.29, 0.717) is 42.4 Å². The maximum atomic E-state index is 10.9. The van der Waals surface area contributed by atoms with Gasteiger partial charge in [-0.3, -0.25) is 10.1 Å². The Hall–Kier alpha value is -4.22. The number of aliphatic imine (C=N–C) groups is 1. The summed E-state index contributed by atoms with van der Waals surface area (Å²) in [5.74, 6) is 3.22. The first-order valence-electron chi connectivity index (χ1n) is 13.7. The molecule has 1 saturated heterocycles. The lowest BCUT2D eigenvalue weighted by Gasteiger charge is -2.38. The van der Waals surface area contributed by atoms with Gasteiger partial charge < -0.3 is 20.6 Å². The third-order valence-corrected chi connectivity index (χ3v) is 7.23. The number of likely N-dealkylation sites (N-methyl/N-ethyl adjacent to an activating group) is 1. The predicted molar refractivity (Wildman–Crippen MR) is 160 cm³/mol. The average Bonchev–Trinajstić information content (AvgIpc) is 3.73. The van der Waals surface area contributed by atoms with Crippen molar-refractivity contribution < 1.29 is 5.11 Å². The number of allylic oxidation sites excluding steroid dienone is 5. The summed E-state index contributed by atoms with van der Waals surface area (Å²) >= 11 is 0. The molecule has 4 heterocycles. The molecule has 5 rings (SSSR count). The third kappa shape index (κ3) is 5.85. The number of aromatic nitrogens is 6. The van der Waals surface area contributed by atoms with Gasteiger partial charge >= 0.3 is 0 Å². The van der Waals surface area contributed by atoms with Gasteiger partial charge in [-0.1, -0.05) is 24.8 Å². The molecule has 208 valence electrons. The second-order valence-electron chi connectivity index (χ2n) is 9.88. The zero-order valence-corrected chi connectivity index (χ0v) is 23.0. The molecule has 1 aliphatic carbocycles. The molecule has 0 spiro atoms. The van der Waals surface area contributed by atoms with Crippen LogP contribution in [-0.4, -0.2) is 73.7 Å². The Balaban J connectivity index is 1.56. The highest BCUT2D eigenvalue weighted by molar-refractivity contribution is 5.94. The molecular weight excluding hydrogens is 504 g/mol. The molecule has 11 nitrogen and oxygen atoms in total. The summed E-state index contributed by atoms with van der Waals surface area (Å²) in [6.45, 7) is 13.5. The minimum atomic E-state index is -0.497. The van der Waals surface area contributed by atoms with E-state index in [1.54, 1.807) is 24.4 Å². The van der Waals surface area contributed by atoms with Gasteiger partial charge in [-0.05, 0) is 70.0 Å². The van der Waals surface area contributed by atoms with Crippen LogP contribution in [0, 0.1) is 0 Å². The highest BCUT2D eigenvalue weighted by Gasteiger charge is 2.33. The van der Waals surface area contributed by atoms with Gasteiger partial charge in [0.15, 0.2) is 5.82 Å². The van der Waals surface area contributed by atoms with E-state index in [2.05, 4.69) is 60.9 Å². The van der Waals surface area contributed by atoms with Crippen LogP contribution in [0.4, 0.5) is 11.8 Å². The molecular formula is C29H36N10O. The summed E-state index contributed by atoms with van der Waals surface area (Å²) < 4.78 is 0. The van der Waals surface area contributed by atoms with Crippen LogP contribution in [0.25, 0.3) is 22.6 Å². The van der Waals surface area contributed by atoms with E-state index in [1.165, 1.54) is 5.56 Å². The lowest BCUT2D eigenvalue weighted by Crippen LogP contribution is -2.53. The molecule has 2 fully saturated rings. The van der Waals surface area contributed by atoms with Crippen LogP contribution in [0.3, 0.4) is 0 Å². The molecule has 4 N–H and O–H groups in total. The third-order valence-electron chi connectivity index (χ3n) is 7.23. The summed E-state index contributed by atoms with van der Waals surface area (Å²) in [5, 5.41) is 25.4. The van der Waals surface area contributed by atoms with E-state index in [-0.39, 0.29) is 6.04 Å². The van der Waals surface area contributed by atoms with Crippen LogP contribution in [0.1, 0.15) is 56.2 Å². The summed E-state index contributed by atoms with van der Waals surface area (Å²) in [7, 11) is 0. The standard InChI is InChI=1S/C29H36N10O/c1-5-8-9-24-34-29(38-37-24)35-25(30-4)14-18(6-2)27-33-21-16-32-15-20(19-10-11-19)26(21)28(36-27)39(7-3)22-12-13-31-17-23(22)40/h5-6,8-9,14-16,19,22-23,31,40H,1,4,7,10-13,17H2,2-3H3,(H2,34,35,37,38)/b9-8-,18-6+,25-14+. The summed E-state index contributed by atoms with van der Waals surface area (Å²) in [5.41, 5.74) is 2.71. The number of nitrogens with zero attached hydrogens (tertiary/aromatic N) is 7. The van der Waals surface area contributed by atoms with Gasteiger partial charge in [0.25, 0.3) is 0 Å². The van der Waals surface area contributed by atoms with Crippen LogP contribution in [0.15, 0.2) is 54.1 Å². The van der Waals surface area contributed by atoms with E-state index in [9.17, 15) is 5.11 Å². The van der Waals surface area contributed by atoms with Crippen molar-refractivity contribution in [1.29, 1.82) is 0 Å². The zero-order chi connectivity index (χ0) is 28.1. The molecule has 2 atom stereocenters. The summed E-state index contributed by atoms with van der Waals surface area (Å²) in [6, 6.07) is -0.0517. The predicted octanol–water partition coefficient (Wildman–Crippen LogP) is 3.83. The highest BCUT2D eigenvalue weighted by atomic mass is 16.3. The number of hydrogen-bond acceptors (Lipinski definition) is 10. The first-order chi connectivity index (χ1) is 19.6. The number of nitrogens with one attached hydrogen (secondary N) is 3. The molecule has 0 amide bonds. The average molecular weight is 541 g/mol. The molecule has 0 radical (unpaired) electrons. The van der Waals surface area contributed by atoms with E-state index in [0.717, 1.165) is 48.1 Å². The zero-order valence-electron chi connectivity index (χ0n) is 23.0. The molecule has 1 saturated carbocycles. The van der Waals surface area contributed by atoms with Gasteiger partial charge in [0.1, 0.15) is 17.5 Å². The number of fused-ring (bicyclic) bond motifs is 1. The summed E-state index contributed by atoms with van der Waals surface area (Å²) in [6.07, 6.45) is 15.3. The minimum Gasteiger partial charge on any atom is -0.390 e. The lowest BCUT2D eigenvalue weighted by molar-refractivity contribution is 0.116. The maximum absolute atomic E-state index is 10.9. The Kier molecular flexibility index (Phi) is 8.42. The maximum Gasteiger partial charge on any atom is 0.247 e. The van der Waals surface area contributed by atoms with Gasteiger partial charge in [0, 0.05) is 30.2 Å². The fourth-order valence-electron chi connectivity index (χ4n) is 5.09. The quantitative estimate of drug-likeness (QED) is 0.211. The topological polar surface area (TPSA) is 140 Å². The van der Waals surface area contributed by atoms with E-state index < -0.39 is 6.10 Å². The van der Waals surface area contributed by atoms with Crippen molar-refractivity contribution in [2.24, 2.45) is 4.99 Å². The van der Waals surface area contributed by atoms with E-state index in [1.807, 2.05) is 25.3 Å². The number of aromatic amines is 1. The Labute approximate surface area is 234 Å². The number of β-amino-alcohol motifs (C(OH)–C–C–N with tert-alkyl or cyclic N) is 1. The van der Waals surface area contributed by atoms with Crippen LogP contribution >= 0.6 is 0 Å². The molecule has 0 bridgehead atoms. The van der Waals surface area contributed by atoms with Crippen LogP contribution in [-0.2, 0) is 0 Å². The number of piperidine rings is 1. The second kappa shape index (κ2) is 12.3. The summed E-state index contributed by atoms with van der Waals surface area (Å²) in [4.78, 5) is 25.4. The smallest absolute Gasteiger partial charge is 0.247 e.